The first-order chi connectivity index (χ1) is 9.69. The van der Waals surface area contributed by atoms with Gasteiger partial charge in [-0.25, -0.2) is 0 Å². The van der Waals surface area contributed by atoms with Gasteiger partial charge in [-0.15, -0.1) is 0 Å². The molecule has 1 aliphatic rings. The monoisotopic (exact) mass is 278 g/mol. The lowest BCUT2D eigenvalue weighted by Crippen LogP contribution is -2.43. The molecule has 1 amide bonds. The van der Waals surface area contributed by atoms with E-state index in [0.29, 0.717) is 6.54 Å². The van der Waals surface area contributed by atoms with Crippen LogP contribution in [0.5, 0.6) is 11.5 Å². The van der Waals surface area contributed by atoms with Crippen LogP contribution in [0.1, 0.15) is 19.8 Å². The van der Waals surface area contributed by atoms with Crippen molar-refractivity contribution in [2.45, 2.75) is 31.9 Å². The number of ether oxygens (including phenoxy) is 2. The summed E-state index contributed by atoms with van der Waals surface area (Å²) in [6.45, 7) is 3.37. The molecule has 1 fully saturated rings. The Labute approximate surface area is 119 Å². The lowest BCUT2D eigenvalue weighted by Gasteiger charge is -2.17. The van der Waals surface area contributed by atoms with Crippen molar-refractivity contribution in [2.75, 3.05) is 20.2 Å². The number of hydrogen-bond acceptors (Lipinski definition) is 4. The van der Waals surface area contributed by atoms with Crippen molar-refractivity contribution in [3.63, 3.8) is 0 Å². The van der Waals surface area contributed by atoms with Crippen LogP contribution in [0.4, 0.5) is 0 Å². The van der Waals surface area contributed by atoms with Gasteiger partial charge in [0.1, 0.15) is 17.6 Å². The Balaban J connectivity index is 1.73. The molecule has 1 aliphatic heterocycles. The third-order valence-electron chi connectivity index (χ3n) is 3.34. The van der Waals surface area contributed by atoms with E-state index in [0.717, 1.165) is 30.9 Å². The van der Waals surface area contributed by atoms with Gasteiger partial charge in [0.15, 0.2) is 0 Å². The molecule has 1 heterocycles. The minimum Gasteiger partial charge on any atom is -0.497 e. The summed E-state index contributed by atoms with van der Waals surface area (Å²) < 4.78 is 10.8. The number of methoxy groups -OCH3 is 1. The van der Waals surface area contributed by atoms with Crippen molar-refractivity contribution in [2.24, 2.45) is 0 Å². The highest BCUT2D eigenvalue weighted by molar-refractivity contribution is 5.82. The largest absolute Gasteiger partial charge is 0.497 e. The molecular weight excluding hydrogens is 256 g/mol. The van der Waals surface area contributed by atoms with E-state index in [1.807, 2.05) is 31.2 Å². The van der Waals surface area contributed by atoms with Crippen molar-refractivity contribution in [3.05, 3.63) is 24.3 Å². The van der Waals surface area contributed by atoms with Crippen molar-refractivity contribution in [1.82, 2.24) is 10.6 Å². The average Bonchev–Trinajstić information content (AvgIpc) is 3.00. The van der Waals surface area contributed by atoms with Gasteiger partial charge in [0, 0.05) is 0 Å². The number of rotatable bonds is 6. The lowest BCUT2D eigenvalue weighted by molar-refractivity contribution is -0.123. The molecule has 0 saturated carbocycles. The van der Waals surface area contributed by atoms with Gasteiger partial charge in [-0.1, -0.05) is 0 Å². The molecule has 1 aromatic carbocycles. The second-order valence-corrected chi connectivity index (χ2v) is 5.00. The molecule has 0 unspecified atom stereocenters. The van der Waals surface area contributed by atoms with Crippen LogP contribution in [0.15, 0.2) is 24.3 Å². The summed E-state index contributed by atoms with van der Waals surface area (Å²) in [5.74, 6) is 1.63. The number of benzene rings is 1. The molecular formula is C15H22N2O3. The fourth-order valence-corrected chi connectivity index (χ4v) is 2.20. The van der Waals surface area contributed by atoms with Crippen LogP contribution in [0, 0.1) is 0 Å². The van der Waals surface area contributed by atoms with E-state index < -0.39 is 0 Å². The number of hydrogen-bond donors (Lipinski definition) is 2. The number of carbonyl (C=O) groups is 1. The summed E-state index contributed by atoms with van der Waals surface area (Å²) in [6.07, 6.45) is 1.91. The maximum Gasteiger partial charge on any atom is 0.237 e. The molecule has 2 N–H and O–H groups in total. The van der Waals surface area contributed by atoms with E-state index in [1.54, 1.807) is 7.11 Å². The van der Waals surface area contributed by atoms with Gasteiger partial charge in [0.05, 0.1) is 19.7 Å². The van der Waals surface area contributed by atoms with Crippen molar-refractivity contribution in [3.8, 4) is 11.5 Å². The molecule has 110 valence electrons. The van der Waals surface area contributed by atoms with Crippen LogP contribution in [0.3, 0.4) is 0 Å². The average molecular weight is 278 g/mol. The van der Waals surface area contributed by atoms with E-state index in [-0.39, 0.29) is 18.1 Å². The fourth-order valence-electron chi connectivity index (χ4n) is 2.20. The Morgan fingerprint density at radius 3 is 2.70 bits per heavy atom. The topological polar surface area (TPSA) is 59.6 Å². The molecule has 0 radical (unpaired) electrons. The fraction of sp³-hybridized carbons (Fsp3) is 0.533. The molecule has 1 aromatic rings. The summed E-state index contributed by atoms with van der Waals surface area (Å²) in [7, 11) is 1.63. The van der Waals surface area contributed by atoms with E-state index >= 15 is 0 Å². The minimum atomic E-state index is -0.0752. The first kappa shape index (κ1) is 14.7. The Bertz CT molecular complexity index is 427. The number of nitrogens with one attached hydrogen (secondary N) is 2. The maximum atomic E-state index is 11.8. The molecule has 0 bridgehead atoms. The normalized spacial score (nSPS) is 19.4. The van der Waals surface area contributed by atoms with Crippen molar-refractivity contribution < 1.29 is 14.3 Å². The summed E-state index contributed by atoms with van der Waals surface area (Å²) in [6, 6.07) is 7.38. The molecule has 1 saturated heterocycles. The summed E-state index contributed by atoms with van der Waals surface area (Å²) >= 11 is 0. The van der Waals surface area contributed by atoms with Gasteiger partial charge in [0.25, 0.3) is 0 Å². The smallest absolute Gasteiger partial charge is 0.237 e. The van der Waals surface area contributed by atoms with E-state index in [1.165, 1.54) is 0 Å². The number of carbonyl (C=O) groups excluding carboxylic acids is 1. The van der Waals surface area contributed by atoms with Gasteiger partial charge in [-0.3, -0.25) is 4.79 Å². The second kappa shape index (κ2) is 7.14. The molecule has 5 heteroatoms. The van der Waals surface area contributed by atoms with Crippen LogP contribution >= 0.6 is 0 Å². The first-order valence-electron chi connectivity index (χ1n) is 7.01. The van der Waals surface area contributed by atoms with Crippen molar-refractivity contribution >= 4 is 5.91 Å². The molecule has 2 rings (SSSR count). The van der Waals surface area contributed by atoms with Crippen LogP contribution in [-0.2, 0) is 4.79 Å². The Hall–Kier alpha value is -1.75. The molecule has 0 spiro atoms. The molecule has 20 heavy (non-hydrogen) atoms. The van der Waals surface area contributed by atoms with Gasteiger partial charge < -0.3 is 20.1 Å². The van der Waals surface area contributed by atoms with Crippen LogP contribution in [0.2, 0.25) is 0 Å². The Kier molecular flexibility index (Phi) is 5.24. The second-order valence-electron chi connectivity index (χ2n) is 5.00. The predicted octanol–water partition coefficient (Wildman–Crippen LogP) is 1.33. The zero-order valence-electron chi connectivity index (χ0n) is 12.0. The third kappa shape index (κ3) is 4.13. The molecule has 2 atom stereocenters. The first-order valence-corrected chi connectivity index (χ1v) is 7.01. The zero-order valence-corrected chi connectivity index (χ0v) is 12.0. The van der Waals surface area contributed by atoms with Crippen LogP contribution in [0.25, 0.3) is 0 Å². The lowest BCUT2D eigenvalue weighted by atomic mass is 10.2. The SMILES string of the molecule is COc1ccc(O[C@@H](C)CNC(=O)[C@H]2CCCN2)cc1. The number of amides is 1. The molecule has 5 nitrogen and oxygen atoms in total. The highest BCUT2D eigenvalue weighted by atomic mass is 16.5. The van der Waals surface area contributed by atoms with E-state index in [2.05, 4.69) is 10.6 Å². The standard InChI is InChI=1S/C15H22N2O3/c1-11(10-17-15(18)14-4-3-9-16-14)20-13-7-5-12(19-2)6-8-13/h5-8,11,14,16H,3-4,9-10H2,1-2H3,(H,17,18)/t11-,14+/m0/s1. The van der Waals surface area contributed by atoms with Gasteiger partial charge in [0.2, 0.25) is 5.91 Å². The Morgan fingerprint density at radius 1 is 1.40 bits per heavy atom. The van der Waals surface area contributed by atoms with Gasteiger partial charge >= 0.3 is 0 Å². The van der Waals surface area contributed by atoms with Crippen molar-refractivity contribution in [1.29, 1.82) is 0 Å². The van der Waals surface area contributed by atoms with Crippen LogP contribution in [-0.4, -0.2) is 38.3 Å². The Morgan fingerprint density at radius 2 is 2.10 bits per heavy atom. The predicted molar refractivity (Wildman–Crippen MR) is 77.1 cm³/mol. The van der Waals surface area contributed by atoms with E-state index in [9.17, 15) is 4.79 Å². The third-order valence-corrected chi connectivity index (χ3v) is 3.34. The minimum absolute atomic E-state index is 0.0387. The highest BCUT2D eigenvalue weighted by Crippen LogP contribution is 2.18. The quantitative estimate of drug-likeness (QED) is 0.824. The van der Waals surface area contributed by atoms with Gasteiger partial charge in [-0.2, -0.15) is 0 Å². The highest BCUT2D eigenvalue weighted by Gasteiger charge is 2.21. The van der Waals surface area contributed by atoms with E-state index in [4.69, 9.17) is 9.47 Å². The zero-order chi connectivity index (χ0) is 14.4. The summed E-state index contributed by atoms with van der Waals surface area (Å²) in [4.78, 5) is 11.8. The van der Waals surface area contributed by atoms with Gasteiger partial charge in [-0.05, 0) is 50.6 Å². The summed E-state index contributed by atoms with van der Waals surface area (Å²) in [5.41, 5.74) is 0. The summed E-state index contributed by atoms with van der Waals surface area (Å²) in [5, 5.41) is 6.09. The molecule has 0 aromatic heterocycles. The maximum absolute atomic E-state index is 11.8. The van der Waals surface area contributed by atoms with Crippen LogP contribution < -0.4 is 20.1 Å². The molecule has 0 aliphatic carbocycles.